The standard InChI is InChI=1S/C16H17N3OS/c1-18(2)11-4-6-12(7-5-11)19-15-9-8-13(20-3)10-14(15)17-16(19)21/h4-10H,1-3H3,(H,17,21). The van der Waals surface area contributed by atoms with Gasteiger partial charge >= 0.3 is 0 Å². The van der Waals surface area contributed by atoms with Crippen LogP contribution < -0.4 is 9.64 Å². The van der Waals surface area contributed by atoms with Crippen LogP contribution in [0, 0.1) is 4.77 Å². The Labute approximate surface area is 128 Å². The van der Waals surface area contributed by atoms with Crippen molar-refractivity contribution in [1.82, 2.24) is 9.55 Å². The number of rotatable bonds is 3. The average molecular weight is 299 g/mol. The Morgan fingerprint density at radius 3 is 2.43 bits per heavy atom. The number of hydrogen-bond acceptors (Lipinski definition) is 3. The molecule has 3 aromatic rings. The fourth-order valence-electron chi connectivity index (χ4n) is 2.37. The number of nitrogens with zero attached hydrogens (tertiary/aromatic N) is 2. The number of fused-ring (bicyclic) bond motifs is 1. The van der Waals surface area contributed by atoms with E-state index in [1.165, 1.54) is 0 Å². The van der Waals surface area contributed by atoms with Gasteiger partial charge in [-0.15, -0.1) is 0 Å². The van der Waals surface area contributed by atoms with Crippen LogP contribution in [0.3, 0.4) is 0 Å². The summed E-state index contributed by atoms with van der Waals surface area (Å²) in [4.78, 5) is 5.30. The first kappa shape index (κ1) is 13.7. The summed E-state index contributed by atoms with van der Waals surface area (Å²) in [5.74, 6) is 0.814. The second kappa shape index (κ2) is 5.26. The molecule has 0 unspecified atom stereocenters. The van der Waals surface area contributed by atoms with E-state index >= 15 is 0 Å². The van der Waals surface area contributed by atoms with E-state index in [9.17, 15) is 0 Å². The monoisotopic (exact) mass is 299 g/mol. The van der Waals surface area contributed by atoms with Crippen molar-refractivity contribution in [2.45, 2.75) is 0 Å². The smallest absolute Gasteiger partial charge is 0.182 e. The van der Waals surface area contributed by atoms with Crippen LogP contribution in [0.5, 0.6) is 5.75 Å². The van der Waals surface area contributed by atoms with Gasteiger partial charge < -0.3 is 14.6 Å². The van der Waals surface area contributed by atoms with Gasteiger partial charge in [-0.1, -0.05) is 0 Å². The third kappa shape index (κ3) is 2.40. The molecule has 4 nitrogen and oxygen atoms in total. The highest BCUT2D eigenvalue weighted by Gasteiger charge is 2.08. The van der Waals surface area contributed by atoms with Crippen molar-refractivity contribution < 1.29 is 4.74 Å². The second-order valence-corrected chi connectivity index (χ2v) is 5.45. The molecule has 1 N–H and O–H groups in total. The Morgan fingerprint density at radius 2 is 1.81 bits per heavy atom. The van der Waals surface area contributed by atoms with Gasteiger partial charge in [-0.2, -0.15) is 0 Å². The molecule has 0 aliphatic heterocycles. The molecule has 108 valence electrons. The summed E-state index contributed by atoms with van der Waals surface area (Å²) in [6, 6.07) is 14.2. The topological polar surface area (TPSA) is 33.2 Å². The highest BCUT2D eigenvalue weighted by Crippen LogP contribution is 2.24. The molecule has 3 rings (SSSR count). The second-order valence-electron chi connectivity index (χ2n) is 5.06. The van der Waals surface area contributed by atoms with Crippen LogP contribution in [0.4, 0.5) is 5.69 Å². The van der Waals surface area contributed by atoms with Gasteiger partial charge in [0, 0.05) is 31.5 Å². The molecule has 2 aromatic carbocycles. The van der Waals surface area contributed by atoms with Gasteiger partial charge in [0.1, 0.15) is 5.75 Å². The van der Waals surface area contributed by atoms with Crippen molar-refractivity contribution in [3.63, 3.8) is 0 Å². The van der Waals surface area contributed by atoms with Gasteiger partial charge in [0.15, 0.2) is 4.77 Å². The minimum absolute atomic E-state index is 0.677. The number of nitrogens with one attached hydrogen (secondary N) is 1. The Hall–Kier alpha value is -2.27. The predicted molar refractivity (Wildman–Crippen MR) is 89.3 cm³/mol. The van der Waals surface area contributed by atoms with E-state index in [0.717, 1.165) is 28.2 Å². The average Bonchev–Trinajstić information content (AvgIpc) is 2.82. The fourth-order valence-corrected chi connectivity index (χ4v) is 2.69. The van der Waals surface area contributed by atoms with E-state index in [1.54, 1.807) is 7.11 Å². The van der Waals surface area contributed by atoms with Gasteiger partial charge in [-0.25, -0.2) is 0 Å². The molecule has 1 aromatic heterocycles. The van der Waals surface area contributed by atoms with Gasteiger partial charge in [-0.05, 0) is 48.6 Å². The lowest BCUT2D eigenvalue weighted by Gasteiger charge is -2.13. The number of aromatic amines is 1. The number of aromatic nitrogens is 2. The molecular formula is C16H17N3OS. The molecule has 0 aliphatic rings. The van der Waals surface area contributed by atoms with Crippen molar-refractivity contribution >= 4 is 28.9 Å². The molecular weight excluding hydrogens is 282 g/mol. The van der Waals surface area contributed by atoms with Crippen molar-refractivity contribution in [3.8, 4) is 11.4 Å². The molecule has 0 aliphatic carbocycles. The van der Waals surface area contributed by atoms with Gasteiger partial charge in [0.05, 0.1) is 18.1 Å². The van der Waals surface area contributed by atoms with E-state index in [0.29, 0.717) is 4.77 Å². The molecule has 0 saturated carbocycles. The summed E-state index contributed by atoms with van der Waals surface area (Å²) in [6.07, 6.45) is 0. The molecule has 21 heavy (non-hydrogen) atoms. The molecule has 0 spiro atoms. The van der Waals surface area contributed by atoms with Crippen LogP contribution in [0.2, 0.25) is 0 Å². The van der Waals surface area contributed by atoms with Crippen molar-refractivity contribution in [3.05, 3.63) is 47.2 Å². The number of anilines is 1. The number of methoxy groups -OCH3 is 1. The van der Waals surface area contributed by atoms with E-state index in [1.807, 2.05) is 36.9 Å². The number of benzene rings is 2. The minimum atomic E-state index is 0.677. The third-order valence-electron chi connectivity index (χ3n) is 3.51. The summed E-state index contributed by atoms with van der Waals surface area (Å²) in [6.45, 7) is 0. The molecule has 0 fully saturated rings. The van der Waals surface area contributed by atoms with Crippen molar-refractivity contribution in [2.75, 3.05) is 26.1 Å². The highest BCUT2D eigenvalue weighted by molar-refractivity contribution is 7.71. The molecule has 0 radical (unpaired) electrons. The summed E-state index contributed by atoms with van der Waals surface area (Å²) < 4.78 is 7.96. The summed E-state index contributed by atoms with van der Waals surface area (Å²) in [5.41, 5.74) is 4.21. The number of hydrogen-bond donors (Lipinski definition) is 1. The Balaban J connectivity index is 2.15. The quantitative estimate of drug-likeness (QED) is 0.748. The van der Waals surface area contributed by atoms with E-state index in [2.05, 4.69) is 34.1 Å². The van der Waals surface area contributed by atoms with Crippen LogP contribution in [-0.4, -0.2) is 30.8 Å². The Kier molecular flexibility index (Phi) is 3.43. The molecule has 0 amide bonds. The van der Waals surface area contributed by atoms with Crippen LogP contribution in [0.1, 0.15) is 0 Å². The van der Waals surface area contributed by atoms with Crippen molar-refractivity contribution in [1.29, 1.82) is 0 Å². The lowest BCUT2D eigenvalue weighted by atomic mass is 10.2. The minimum Gasteiger partial charge on any atom is -0.497 e. The predicted octanol–water partition coefficient (Wildman–Crippen LogP) is 3.76. The molecule has 5 heteroatoms. The molecule has 1 heterocycles. The zero-order valence-corrected chi connectivity index (χ0v) is 13.1. The summed E-state index contributed by atoms with van der Waals surface area (Å²) in [5, 5.41) is 0. The van der Waals surface area contributed by atoms with Crippen LogP contribution >= 0.6 is 12.2 Å². The summed E-state index contributed by atoms with van der Waals surface area (Å²) >= 11 is 5.46. The maximum absolute atomic E-state index is 5.46. The van der Waals surface area contributed by atoms with Gasteiger partial charge in [0.25, 0.3) is 0 Å². The number of imidazole rings is 1. The van der Waals surface area contributed by atoms with E-state index in [-0.39, 0.29) is 0 Å². The number of ether oxygens (including phenoxy) is 1. The fraction of sp³-hybridized carbons (Fsp3) is 0.188. The SMILES string of the molecule is COc1ccc2c(c1)[nH]c(=S)n2-c1ccc(N(C)C)cc1. The van der Waals surface area contributed by atoms with E-state index < -0.39 is 0 Å². The lowest BCUT2D eigenvalue weighted by molar-refractivity contribution is 0.415. The first-order valence-electron chi connectivity index (χ1n) is 6.66. The maximum Gasteiger partial charge on any atom is 0.182 e. The van der Waals surface area contributed by atoms with E-state index in [4.69, 9.17) is 17.0 Å². The lowest BCUT2D eigenvalue weighted by Crippen LogP contribution is -2.08. The third-order valence-corrected chi connectivity index (χ3v) is 3.80. The normalized spacial score (nSPS) is 10.8. The van der Waals surface area contributed by atoms with Crippen LogP contribution in [0.15, 0.2) is 42.5 Å². The van der Waals surface area contributed by atoms with Crippen LogP contribution in [0.25, 0.3) is 16.7 Å². The molecule has 0 atom stereocenters. The number of H-pyrrole nitrogens is 1. The highest BCUT2D eigenvalue weighted by atomic mass is 32.1. The summed E-state index contributed by atoms with van der Waals surface area (Å²) in [7, 11) is 5.71. The van der Waals surface area contributed by atoms with Gasteiger partial charge in [0.2, 0.25) is 0 Å². The Morgan fingerprint density at radius 1 is 1.10 bits per heavy atom. The van der Waals surface area contributed by atoms with Crippen molar-refractivity contribution in [2.24, 2.45) is 0 Å². The molecule has 0 saturated heterocycles. The van der Waals surface area contributed by atoms with Gasteiger partial charge in [-0.3, -0.25) is 4.57 Å². The zero-order valence-electron chi connectivity index (χ0n) is 12.3. The molecule has 0 bridgehead atoms. The first-order valence-corrected chi connectivity index (χ1v) is 7.07. The zero-order chi connectivity index (χ0) is 15.0. The van der Waals surface area contributed by atoms with Crippen LogP contribution in [-0.2, 0) is 0 Å². The largest absolute Gasteiger partial charge is 0.497 e. The maximum atomic E-state index is 5.46. The Bertz CT molecular complexity index is 831. The first-order chi connectivity index (χ1) is 10.1.